The van der Waals surface area contributed by atoms with Gasteiger partial charge in [-0.1, -0.05) is 72.8 Å². The van der Waals surface area contributed by atoms with Crippen LogP contribution in [0.25, 0.3) is 0 Å². The molecule has 2 N–H and O–H groups in total. The molecule has 1 aromatic heterocycles. The number of anilines is 1. The molecule has 0 spiro atoms. The second kappa shape index (κ2) is 14.5. The van der Waals surface area contributed by atoms with Gasteiger partial charge >= 0.3 is 0 Å². The van der Waals surface area contributed by atoms with Gasteiger partial charge in [-0.15, -0.1) is 0 Å². The van der Waals surface area contributed by atoms with E-state index >= 15 is 0 Å². The van der Waals surface area contributed by atoms with Crippen LogP contribution in [0.5, 0.6) is 17.4 Å². The number of amides is 1. The van der Waals surface area contributed by atoms with Gasteiger partial charge < -0.3 is 29.4 Å². The van der Waals surface area contributed by atoms with E-state index in [2.05, 4.69) is 27.4 Å². The highest BCUT2D eigenvalue weighted by Gasteiger charge is 2.41. The SMILES string of the molecule is COc1ccc(C(OC[C@H]2C[C@@H](Oc3cc(NC(=O)c4ccccc4)ncn3)CC2O)(c2ccccc2)c2ccc(OC)cc2)cc1. The number of aliphatic hydroxyl groups is 1. The molecule has 1 aliphatic rings. The molecular formula is C38H37N3O6. The van der Waals surface area contributed by atoms with Gasteiger partial charge in [0.1, 0.15) is 35.3 Å². The Labute approximate surface area is 274 Å². The van der Waals surface area contributed by atoms with E-state index in [4.69, 9.17) is 18.9 Å². The van der Waals surface area contributed by atoms with Crippen molar-refractivity contribution >= 4 is 11.7 Å². The molecule has 9 heteroatoms. The molecule has 3 atom stereocenters. The number of methoxy groups -OCH3 is 2. The Bertz CT molecular complexity index is 1700. The predicted octanol–water partition coefficient (Wildman–Crippen LogP) is 6.27. The van der Waals surface area contributed by atoms with Crippen molar-refractivity contribution in [2.45, 2.75) is 30.7 Å². The number of benzene rings is 4. The lowest BCUT2D eigenvalue weighted by atomic mass is 9.80. The lowest BCUT2D eigenvalue weighted by molar-refractivity contribution is -0.0298. The Kier molecular flexibility index (Phi) is 9.75. The maximum atomic E-state index is 12.6. The Morgan fingerprint density at radius 2 is 1.36 bits per heavy atom. The van der Waals surface area contributed by atoms with Gasteiger partial charge in [0, 0.05) is 24.0 Å². The highest BCUT2D eigenvalue weighted by molar-refractivity contribution is 6.03. The molecule has 1 aliphatic carbocycles. The molecule has 47 heavy (non-hydrogen) atoms. The van der Waals surface area contributed by atoms with Crippen LogP contribution in [-0.2, 0) is 10.3 Å². The van der Waals surface area contributed by atoms with Crippen LogP contribution < -0.4 is 19.5 Å². The topological polar surface area (TPSA) is 112 Å². The van der Waals surface area contributed by atoms with Gasteiger partial charge in [-0.3, -0.25) is 4.79 Å². The van der Waals surface area contributed by atoms with Crippen LogP contribution in [-0.4, -0.2) is 54.0 Å². The molecule has 1 saturated carbocycles. The number of nitrogens with one attached hydrogen (secondary N) is 1. The summed E-state index contributed by atoms with van der Waals surface area (Å²) in [5.41, 5.74) is 2.31. The minimum atomic E-state index is -0.989. The van der Waals surface area contributed by atoms with E-state index in [1.807, 2.05) is 72.8 Å². The fraction of sp³-hybridized carbons (Fsp3) is 0.237. The lowest BCUT2D eigenvalue weighted by Gasteiger charge is -2.37. The number of ether oxygens (including phenoxy) is 4. The van der Waals surface area contributed by atoms with E-state index in [1.54, 1.807) is 44.6 Å². The minimum Gasteiger partial charge on any atom is -0.497 e. The van der Waals surface area contributed by atoms with E-state index in [9.17, 15) is 9.90 Å². The maximum absolute atomic E-state index is 12.6. The molecule has 0 aliphatic heterocycles. The first-order chi connectivity index (χ1) is 23.0. The highest BCUT2D eigenvalue weighted by atomic mass is 16.5. The summed E-state index contributed by atoms with van der Waals surface area (Å²) in [6, 6.07) is 36.3. The second-order valence-electron chi connectivity index (χ2n) is 11.4. The molecular weight excluding hydrogens is 594 g/mol. The fourth-order valence-electron chi connectivity index (χ4n) is 6.06. The molecule has 4 aromatic carbocycles. The number of hydrogen-bond donors (Lipinski definition) is 2. The Morgan fingerprint density at radius 3 is 1.96 bits per heavy atom. The van der Waals surface area contributed by atoms with Gasteiger partial charge in [0.2, 0.25) is 5.88 Å². The average Bonchev–Trinajstić information content (AvgIpc) is 3.48. The van der Waals surface area contributed by atoms with Crippen molar-refractivity contribution in [3.63, 3.8) is 0 Å². The fourth-order valence-corrected chi connectivity index (χ4v) is 6.06. The molecule has 1 fully saturated rings. The van der Waals surface area contributed by atoms with Gasteiger partial charge in [-0.05, 0) is 59.5 Å². The summed E-state index contributed by atoms with van der Waals surface area (Å²) in [6.07, 6.45) is 1.35. The predicted molar refractivity (Wildman–Crippen MR) is 178 cm³/mol. The van der Waals surface area contributed by atoms with Crippen LogP contribution in [0.3, 0.4) is 0 Å². The number of hydrogen-bond acceptors (Lipinski definition) is 8. The van der Waals surface area contributed by atoms with E-state index in [0.29, 0.717) is 30.1 Å². The number of nitrogens with zero attached hydrogens (tertiary/aromatic N) is 2. The Morgan fingerprint density at radius 1 is 0.787 bits per heavy atom. The van der Waals surface area contributed by atoms with E-state index in [1.165, 1.54) is 6.33 Å². The molecule has 9 nitrogen and oxygen atoms in total. The third-order valence-corrected chi connectivity index (χ3v) is 8.51. The molecule has 1 heterocycles. The van der Waals surface area contributed by atoms with E-state index in [0.717, 1.165) is 28.2 Å². The molecule has 0 radical (unpaired) electrons. The number of carbonyl (C=O) groups excluding carboxylic acids is 1. The zero-order chi connectivity index (χ0) is 32.6. The third-order valence-electron chi connectivity index (χ3n) is 8.51. The minimum absolute atomic E-state index is 0.210. The summed E-state index contributed by atoms with van der Waals surface area (Å²) in [5, 5.41) is 14.0. The van der Waals surface area contributed by atoms with Crippen LogP contribution >= 0.6 is 0 Å². The number of carbonyl (C=O) groups is 1. The van der Waals surface area contributed by atoms with Gasteiger partial charge in [-0.2, -0.15) is 0 Å². The summed E-state index contributed by atoms with van der Waals surface area (Å²) >= 11 is 0. The van der Waals surface area contributed by atoms with Crippen LogP contribution in [0, 0.1) is 5.92 Å². The van der Waals surface area contributed by atoms with Crippen molar-refractivity contribution in [1.82, 2.24) is 9.97 Å². The van der Waals surface area contributed by atoms with Gasteiger partial charge in [-0.25, -0.2) is 9.97 Å². The van der Waals surface area contributed by atoms with Gasteiger partial charge in [0.25, 0.3) is 5.91 Å². The first-order valence-corrected chi connectivity index (χ1v) is 15.5. The first-order valence-electron chi connectivity index (χ1n) is 15.5. The largest absolute Gasteiger partial charge is 0.497 e. The summed E-state index contributed by atoms with van der Waals surface area (Å²) in [7, 11) is 3.28. The molecule has 0 bridgehead atoms. The number of aliphatic hydroxyl groups excluding tert-OH is 1. The van der Waals surface area contributed by atoms with Crippen LogP contribution in [0.1, 0.15) is 39.9 Å². The standard InChI is InChI=1S/C38H37N3O6/c1-44-31-17-13-29(14-18-31)38(28-11-7-4-8-12-28,30-15-19-32(45-2)20-16-30)46-24-27-21-33(22-34(27)42)47-36-23-35(39-25-40-36)41-37(43)26-9-5-3-6-10-26/h3-20,23,25,27,33-34,42H,21-22,24H2,1-2H3,(H,39,40,41,43)/t27-,33-,34?/m1/s1. The zero-order valence-corrected chi connectivity index (χ0v) is 26.3. The Balaban J connectivity index is 1.22. The van der Waals surface area contributed by atoms with E-state index in [-0.39, 0.29) is 24.5 Å². The lowest BCUT2D eigenvalue weighted by Crippen LogP contribution is -2.35. The summed E-state index contributed by atoms with van der Waals surface area (Å²) in [4.78, 5) is 21.0. The molecule has 5 aromatic rings. The smallest absolute Gasteiger partial charge is 0.256 e. The number of rotatable bonds is 12. The molecule has 1 amide bonds. The van der Waals surface area contributed by atoms with E-state index < -0.39 is 11.7 Å². The van der Waals surface area contributed by atoms with Crippen molar-refractivity contribution in [3.05, 3.63) is 144 Å². The maximum Gasteiger partial charge on any atom is 0.256 e. The highest BCUT2D eigenvalue weighted by Crippen LogP contribution is 2.43. The van der Waals surface area contributed by atoms with Gasteiger partial charge in [0.05, 0.1) is 26.9 Å². The zero-order valence-electron chi connectivity index (χ0n) is 26.3. The average molecular weight is 632 g/mol. The number of aromatic nitrogens is 2. The Hall–Kier alpha value is -5.25. The van der Waals surface area contributed by atoms with Crippen molar-refractivity contribution in [1.29, 1.82) is 0 Å². The monoisotopic (exact) mass is 631 g/mol. The summed E-state index contributed by atoms with van der Waals surface area (Å²) < 4.78 is 24.1. The van der Waals surface area contributed by atoms with Gasteiger partial charge in [0.15, 0.2) is 0 Å². The first kappa shape index (κ1) is 31.7. The van der Waals surface area contributed by atoms with Crippen LogP contribution in [0.15, 0.2) is 122 Å². The van der Waals surface area contributed by atoms with Crippen LogP contribution in [0.2, 0.25) is 0 Å². The van der Waals surface area contributed by atoms with Crippen molar-refractivity contribution in [2.24, 2.45) is 5.92 Å². The molecule has 6 rings (SSSR count). The summed E-state index contributed by atoms with van der Waals surface area (Å²) in [6.45, 7) is 0.260. The van der Waals surface area contributed by atoms with Crippen molar-refractivity contribution < 1.29 is 28.8 Å². The molecule has 0 saturated heterocycles. The third kappa shape index (κ3) is 7.11. The summed E-state index contributed by atoms with van der Waals surface area (Å²) in [5.74, 6) is 1.64. The van der Waals surface area contributed by atoms with Crippen molar-refractivity contribution in [2.75, 3.05) is 26.1 Å². The molecule has 240 valence electrons. The van der Waals surface area contributed by atoms with Crippen molar-refractivity contribution in [3.8, 4) is 17.4 Å². The quantitative estimate of drug-likeness (QED) is 0.155. The normalized spacial score (nSPS) is 17.6. The molecule has 1 unspecified atom stereocenters. The second-order valence-corrected chi connectivity index (χ2v) is 11.4. The van der Waals surface area contributed by atoms with Crippen LogP contribution in [0.4, 0.5) is 5.82 Å².